The Labute approximate surface area is 74.0 Å². The first kappa shape index (κ1) is 9.52. The lowest BCUT2D eigenvalue weighted by molar-refractivity contribution is 0.208. The minimum atomic E-state index is 0.557. The van der Waals surface area contributed by atoms with Crippen LogP contribution in [0.1, 0.15) is 25.7 Å². The first-order chi connectivity index (χ1) is 5.84. The lowest BCUT2D eigenvalue weighted by Gasteiger charge is -2.07. The van der Waals surface area contributed by atoms with Gasteiger partial charge in [-0.3, -0.25) is 4.99 Å². The molecule has 0 atom stereocenters. The summed E-state index contributed by atoms with van der Waals surface area (Å²) in [6.07, 6.45) is 5.07. The summed E-state index contributed by atoms with van der Waals surface area (Å²) in [7, 11) is 1.68. The summed E-state index contributed by atoms with van der Waals surface area (Å²) in [6.45, 7) is 1.38. The molecule has 1 saturated carbocycles. The molecule has 12 heavy (non-hydrogen) atoms. The molecule has 0 bridgehead atoms. The molecule has 0 amide bonds. The van der Waals surface area contributed by atoms with Gasteiger partial charge in [0.2, 0.25) is 0 Å². The van der Waals surface area contributed by atoms with Gasteiger partial charge in [-0.1, -0.05) is 12.8 Å². The van der Waals surface area contributed by atoms with Crippen LogP contribution in [-0.4, -0.2) is 26.1 Å². The fraction of sp³-hybridized carbons (Fsp3) is 0.889. The largest absolute Gasteiger partial charge is 0.387 e. The van der Waals surface area contributed by atoms with Gasteiger partial charge in [-0.2, -0.15) is 0 Å². The third-order valence-corrected chi connectivity index (χ3v) is 2.36. The van der Waals surface area contributed by atoms with Crippen LogP contribution in [0.3, 0.4) is 0 Å². The van der Waals surface area contributed by atoms with Crippen LogP contribution in [0.2, 0.25) is 0 Å². The van der Waals surface area contributed by atoms with E-state index in [1.54, 1.807) is 7.11 Å². The fourth-order valence-corrected chi connectivity index (χ4v) is 1.62. The average Bonchev–Trinajstić information content (AvgIpc) is 2.56. The molecular formula is C9H18N2O. The van der Waals surface area contributed by atoms with Crippen LogP contribution >= 0.6 is 0 Å². The quantitative estimate of drug-likeness (QED) is 0.391. The van der Waals surface area contributed by atoms with Crippen molar-refractivity contribution in [1.29, 1.82) is 0 Å². The van der Waals surface area contributed by atoms with Crippen molar-refractivity contribution in [2.75, 3.05) is 20.3 Å². The maximum absolute atomic E-state index is 5.81. The highest BCUT2D eigenvalue weighted by Gasteiger charge is 2.17. The minimum Gasteiger partial charge on any atom is -0.387 e. The zero-order valence-corrected chi connectivity index (χ0v) is 7.75. The second-order valence-corrected chi connectivity index (χ2v) is 3.28. The van der Waals surface area contributed by atoms with Crippen LogP contribution < -0.4 is 5.73 Å². The van der Waals surface area contributed by atoms with Gasteiger partial charge in [-0.25, -0.2) is 0 Å². The smallest absolute Gasteiger partial charge is 0.0969 e. The van der Waals surface area contributed by atoms with E-state index < -0.39 is 0 Å². The summed E-state index contributed by atoms with van der Waals surface area (Å²) in [4.78, 5) is 4.27. The number of nitrogens with two attached hydrogens (primary N) is 1. The molecule has 70 valence electrons. The Morgan fingerprint density at radius 2 is 2.17 bits per heavy atom. The Morgan fingerprint density at radius 3 is 2.75 bits per heavy atom. The van der Waals surface area contributed by atoms with Crippen LogP contribution in [0.15, 0.2) is 4.99 Å². The fourth-order valence-electron chi connectivity index (χ4n) is 1.62. The van der Waals surface area contributed by atoms with Gasteiger partial charge in [-0.15, -0.1) is 0 Å². The van der Waals surface area contributed by atoms with Gasteiger partial charge in [-0.05, 0) is 12.8 Å². The lowest BCUT2D eigenvalue weighted by Crippen LogP contribution is -2.22. The SMILES string of the molecule is COCCN=C(N)C1CCCC1. The van der Waals surface area contributed by atoms with Crippen molar-refractivity contribution < 1.29 is 4.74 Å². The van der Waals surface area contributed by atoms with Crippen molar-refractivity contribution in [3.8, 4) is 0 Å². The topological polar surface area (TPSA) is 47.6 Å². The molecule has 0 aromatic rings. The van der Waals surface area contributed by atoms with E-state index in [1.807, 2.05) is 0 Å². The molecule has 1 aliphatic rings. The number of ether oxygens (including phenoxy) is 1. The molecule has 0 heterocycles. The van der Waals surface area contributed by atoms with Gasteiger partial charge in [0.15, 0.2) is 0 Å². The average molecular weight is 170 g/mol. The first-order valence-electron chi connectivity index (χ1n) is 4.63. The highest BCUT2D eigenvalue weighted by Crippen LogP contribution is 2.24. The third-order valence-electron chi connectivity index (χ3n) is 2.36. The molecule has 0 radical (unpaired) electrons. The Hall–Kier alpha value is -0.570. The molecule has 3 nitrogen and oxygen atoms in total. The summed E-state index contributed by atoms with van der Waals surface area (Å²) in [5.41, 5.74) is 5.81. The monoisotopic (exact) mass is 170 g/mol. The molecule has 0 aromatic carbocycles. The van der Waals surface area contributed by atoms with Crippen LogP contribution in [0.5, 0.6) is 0 Å². The zero-order valence-electron chi connectivity index (χ0n) is 7.75. The second-order valence-electron chi connectivity index (χ2n) is 3.28. The molecule has 0 aliphatic heterocycles. The molecule has 1 fully saturated rings. The van der Waals surface area contributed by atoms with Gasteiger partial charge in [0.1, 0.15) is 0 Å². The molecular weight excluding hydrogens is 152 g/mol. The molecule has 0 aromatic heterocycles. The van der Waals surface area contributed by atoms with Crippen LogP contribution in [-0.2, 0) is 4.74 Å². The van der Waals surface area contributed by atoms with Crippen molar-refractivity contribution in [3.63, 3.8) is 0 Å². The Bertz CT molecular complexity index is 151. The summed E-state index contributed by atoms with van der Waals surface area (Å²) in [5, 5.41) is 0. The van der Waals surface area contributed by atoms with Gasteiger partial charge >= 0.3 is 0 Å². The Morgan fingerprint density at radius 1 is 1.50 bits per heavy atom. The van der Waals surface area contributed by atoms with E-state index in [1.165, 1.54) is 25.7 Å². The summed E-state index contributed by atoms with van der Waals surface area (Å²) in [6, 6.07) is 0. The van der Waals surface area contributed by atoms with Crippen molar-refractivity contribution in [2.45, 2.75) is 25.7 Å². The van der Waals surface area contributed by atoms with E-state index in [-0.39, 0.29) is 0 Å². The van der Waals surface area contributed by atoms with Gasteiger partial charge in [0.25, 0.3) is 0 Å². The van der Waals surface area contributed by atoms with Gasteiger partial charge < -0.3 is 10.5 Å². The summed E-state index contributed by atoms with van der Waals surface area (Å²) >= 11 is 0. The van der Waals surface area contributed by atoms with Crippen molar-refractivity contribution in [1.82, 2.24) is 0 Å². The first-order valence-corrected chi connectivity index (χ1v) is 4.63. The normalized spacial score (nSPS) is 20.2. The number of amidine groups is 1. The van der Waals surface area contributed by atoms with E-state index in [0.717, 1.165) is 5.84 Å². The zero-order chi connectivity index (χ0) is 8.81. The predicted octanol–water partition coefficient (Wildman–Crippen LogP) is 1.18. The lowest BCUT2D eigenvalue weighted by atomic mass is 10.1. The molecule has 0 saturated heterocycles. The van der Waals surface area contributed by atoms with Crippen molar-refractivity contribution >= 4 is 5.84 Å². The maximum Gasteiger partial charge on any atom is 0.0969 e. The highest BCUT2D eigenvalue weighted by atomic mass is 16.5. The molecule has 1 rings (SSSR count). The van der Waals surface area contributed by atoms with Crippen LogP contribution in [0, 0.1) is 5.92 Å². The maximum atomic E-state index is 5.81. The van der Waals surface area contributed by atoms with E-state index in [9.17, 15) is 0 Å². The highest BCUT2D eigenvalue weighted by molar-refractivity contribution is 5.83. The number of methoxy groups -OCH3 is 1. The number of rotatable bonds is 4. The Kier molecular flexibility index (Phi) is 4.08. The summed E-state index contributed by atoms with van der Waals surface area (Å²) in [5.74, 6) is 1.39. The summed E-state index contributed by atoms with van der Waals surface area (Å²) < 4.78 is 4.89. The van der Waals surface area contributed by atoms with Crippen molar-refractivity contribution in [2.24, 2.45) is 16.6 Å². The molecule has 1 aliphatic carbocycles. The molecule has 3 heteroatoms. The van der Waals surface area contributed by atoms with E-state index in [0.29, 0.717) is 19.1 Å². The predicted molar refractivity (Wildman–Crippen MR) is 50.3 cm³/mol. The molecule has 0 spiro atoms. The van der Waals surface area contributed by atoms with Gasteiger partial charge in [0.05, 0.1) is 19.0 Å². The van der Waals surface area contributed by atoms with Gasteiger partial charge in [0, 0.05) is 13.0 Å². The molecule has 2 N–H and O–H groups in total. The van der Waals surface area contributed by atoms with E-state index in [2.05, 4.69) is 4.99 Å². The van der Waals surface area contributed by atoms with Crippen LogP contribution in [0.25, 0.3) is 0 Å². The number of aliphatic imine (C=N–C) groups is 1. The van der Waals surface area contributed by atoms with E-state index >= 15 is 0 Å². The Balaban J connectivity index is 2.24. The second kappa shape index (κ2) is 5.14. The van der Waals surface area contributed by atoms with Crippen molar-refractivity contribution in [3.05, 3.63) is 0 Å². The standard InChI is InChI=1S/C9H18N2O/c1-12-7-6-11-9(10)8-4-2-3-5-8/h8H,2-7H2,1H3,(H2,10,11). The number of hydrogen-bond donors (Lipinski definition) is 1. The van der Waals surface area contributed by atoms with E-state index in [4.69, 9.17) is 10.5 Å². The van der Waals surface area contributed by atoms with Crippen LogP contribution in [0.4, 0.5) is 0 Å². The minimum absolute atomic E-state index is 0.557. The molecule has 0 unspecified atom stereocenters. The number of hydrogen-bond acceptors (Lipinski definition) is 2. The third kappa shape index (κ3) is 2.81. The number of nitrogens with zero attached hydrogens (tertiary/aromatic N) is 1.